The van der Waals surface area contributed by atoms with Crippen molar-refractivity contribution in [1.29, 1.82) is 0 Å². The van der Waals surface area contributed by atoms with Crippen molar-refractivity contribution in [2.45, 2.75) is 71.0 Å². The lowest BCUT2D eigenvalue weighted by atomic mass is 9.74. The van der Waals surface area contributed by atoms with Crippen LogP contribution >= 0.6 is 15.9 Å². The van der Waals surface area contributed by atoms with Crippen molar-refractivity contribution in [2.24, 2.45) is 26.9 Å². The highest BCUT2D eigenvalue weighted by atomic mass is 79.9. The Bertz CT molecular complexity index is 1070. The van der Waals surface area contributed by atoms with Crippen LogP contribution in [0.2, 0.25) is 0 Å². The van der Waals surface area contributed by atoms with E-state index in [4.69, 9.17) is 16.5 Å². The molecule has 0 aromatic heterocycles. The lowest BCUT2D eigenvalue weighted by Gasteiger charge is -2.43. The van der Waals surface area contributed by atoms with Crippen molar-refractivity contribution >= 4 is 33.2 Å². The van der Waals surface area contributed by atoms with Gasteiger partial charge in [0.15, 0.2) is 0 Å². The minimum Gasteiger partial charge on any atom is -0.383 e. The number of aryl methyl sites for hydroxylation is 1. The Hall–Kier alpha value is -2.19. The van der Waals surface area contributed by atoms with Gasteiger partial charge >= 0.3 is 0 Å². The highest BCUT2D eigenvalue weighted by Crippen LogP contribution is 2.47. The molecule has 0 radical (unpaired) electrons. The van der Waals surface area contributed by atoms with Crippen molar-refractivity contribution in [1.82, 2.24) is 10.4 Å². The summed E-state index contributed by atoms with van der Waals surface area (Å²) >= 11 is 3.65. The molecule has 6 nitrogen and oxygen atoms in total. The number of hydrazine groups is 1. The Balaban J connectivity index is 1.81. The first-order valence-electron chi connectivity index (χ1n) is 11.0. The number of halogens is 2. The molecule has 1 aliphatic carbocycles. The van der Waals surface area contributed by atoms with Gasteiger partial charge in [-0.15, -0.1) is 0 Å². The third-order valence-corrected chi connectivity index (χ3v) is 8.13. The third kappa shape index (κ3) is 3.67. The fraction of sp³-hybridized carbons (Fsp3) is 0.500. The molecule has 3 aliphatic rings. The first kappa shape index (κ1) is 23.0. The van der Waals surface area contributed by atoms with E-state index in [1.54, 1.807) is 6.07 Å². The molecule has 8 heteroatoms. The van der Waals surface area contributed by atoms with Gasteiger partial charge in [0.2, 0.25) is 0 Å². The number of rotatable bonds is 3. The maximum absolute atomic E-state index is 13.8. The fourth-order valence-corrected chi connectivity index (χ4v) is 5.54. The Morgan fingerprint density at radius 1 is 1.28 bits per heavy atom. The zero-order chi connectivity index (χ0) is 23.5. The van der Waals surface area contributed by atoms with Crippen LogP contribution in [0.4, 0.5) is 10.1 Å². The first-order valence-corrected chi connectivity index (χ1v) is 11.7. The standard InChI is InChI=1S/C24H32BrFN6/c1-14-6-7-16(26)10-18(14)30-21(27)17-12-29-32-13-15(25)11-23(32,4)20(17)31-19-8-9-24(5,28)22(19,2)3/h6-7,10,12-13,19,29H,8-9,11,28H2,1-5H3,(H2,27,30)/t19-,23?,24+/m1/s1. The van der Waals surface area contributed by atoms with Crippen LogP contribution in [0.25, 0.3) is 0 Å². The van der Waals surface area contributed by atoms with Gasteiger partial charge in [0.25, 0.3) is 0 Å². The van der Waals surface area contributed by atoms with Gasteiger partial charge in [0.05, 0.1) is 23.0 Å². The molecule has 3 atom stereocenters. The number of benzene rings is 1. The van der Waals surface area contributed by atoms with E-state index in [1.165, 1.54) is 12.1 Å². The molecule has 1 aromatic rings. The smallest absolute Gasteiger partial charge is 0.134 e. The predicted molar refractivity (Wildman–Crippen MR) is 132 cm³/mol. The van der Waals surface area contributed by atoms with Gasteiger partial charge < -0.3 is 16.9 Å². The summed E-state index contributed by atoms with van der Waals surface area (Å²) in [6.07, 6.45) is 6.43. The van der Waals surface area contributed by atoms with E-state index in [9.17, 15) is 4.39 Å². The molecule has 172 valence electrons. The second-order valence-corrected chi connectivity index (χ2v) is 11.2. The maximum atomic E-state index is 13.8. The molecule has 1 saturated carbocycles. The number of amidine groups is 1. The van der Waals surface area contributed by atoms with Crippen molar-refractivity contribution in [3.8, 4) is 0 Å². The van der Waals surface area contributed by atoms with Gasteiger partial charge in [-0.1, -0.05) is 35.8 Å². The Kier molecular flexibility index (Phi) is 5.53. The number of hydrogen-bond donors (Lipinski definition) is 3. The van der Waals surface area contributed by atoms with Gasteiger partial charge in [-0.05, 0) is 51.3 Å². The molecule has 1 fully saturated rings. The summed E-state index contributed by atoms with van der Waals surface area (Å²) in [4.78, 5) is 9.90. The van der Waals surface area contributed by atoms with Gasteiger partial charge in [-0.3, -0.25) is 10.0 Å². The second-order valence-electron chi connectivity index (χ2n) is 10.2. The van der Waals surface area contributed by atoms with Crippen molar-refractivity contribution < 1.29 is 4.39 Å². The molecule has 2 aliphatic heterocycles. The Morgan fingerprint density at radius 3 is 2.66 bits per heavy atom. The summed E-state index contributed by atoms with van der Waals surface area (Å²) < 4.78 is 14.9. The van der Waals surface area contributed by atoms with Crippen LogP contribution < -0.4 is 16.9 Å². The molecule has 0 spiro atoms. The van der Waals surface area contributed by atoms with E-state index in [0.29, 0.717) is 11.5 Å². The molecule has 4 rings (SSSR count). The van der Waals surface area contributed by atoms with Crippen LogP contribution in [0.1, 0.15) is 52.5 Å². The quantitative estimate of drug-likeness (QED) is 0.416. The number of nitrogens with two attached hydrogens (primary N) is 2. The molecule has 0 amide bonds. The Labute approximate surface area is 197 Å². The summed E-state index contributed by atoms with van der Waals surface area (Å²) in [5, 5.41) is 2.05. The normalized spacial score (nSPS) is 33.1. The molecule has 0 saturated heterocycles. The summed E-state index contributed by atoms with van der Waals surface area (Å²) in [6.45, 7) is 10.5. The van der Waals surface area contributed by atoms with E-state index in [1.807, 2.05) is 24.3 Å². The minimum absolute atomic E-state index is 0.0516. The molecule has 0 bridgehead atoms. The van der Waals surface area contributed by atoms with Crippen LogP contribution in [0.15, 0.2) is 50.6 Å². The number of hydrogen-bond acceptors (Lipinski definition) is 5. The van der Waals surface area contributed by atoms with E-state index in [0.717, 1.165) is 40.6 Å². The van der Waals surface area contributed by atoms with Crippen molar-refractivity contribution in [3.63, 3.8) is 0 Å². The van der Waals surface area contributed by atoms with E-state index in [-0.39, 0.29) is 22.8 Å². The number of aliphatic imine (C=N–C) groups is 2. The van der Waals surface area contributed by atoms with Crippen molar-refractivity contribution in [3.05, 3.63) is 52.0 Å². The molecular formula is C24H32BrFN6. The monoisotopic (exact) mass is 502 g/mol. The van der Waals surface area contributed by atoms with Crippen LogP contribution in [0.3, 0.4) is 0 Å². The lowest BCUT2D eigenvalue weighted by molar-refractivity contribution is 0.195. The third-order valence-electron chi connectivity index (χ3n) is 7.64. The molecule has 2 heterocycles. The molecule has 5 N–H and O–H groups in total. The minimum atomic E-state index is -0.441. The zero-order valence-corrected chi connectivity index (χ0v) is 20.9. The lowest BCUT2D eigenvalue weighted by Crippen LogP contribution is -2.57. The van der Waals surface area contributed by atoms with Crippen LogP contribution in [0, 0.1) is 18.2 Å². The van der Waals surface area contributed by atoms with Gasteiger partial charge in [-0.2, -0.15) is 0 Å². The van der Waals surface area contributed by atoms with Crippen LogP contribution in [0.5, 0.6) is 0 Å². The molecular weight excluding hydrogens is 471 g/mol. The topological polar surface area (TPSA) is 92.0 Å². The largest absolute Gasteiger partial charge is 0.383 e. The van der Waals surface area contributed by atoms with Gasteiger partial charge in [0, 0.05) is 34.3 Å². The molecule has 1 unspecified atom stereocenters. The average Bonchev–Trinajstić information content (AvgIpc) is 3.11. The van der Waals surface area contributed by atoms with E-state index < -0.39 is 5.54 Å². The maximum Gasteiger partial charge on any atom is 0.134 e. The zero-order valence-electron chi connectivity index (χ0n) is 19.3. The van der Waals surface area contributed by atoms with Gasteiger partial charge in [-0.25, -0.2) is 9.38 Å². The van der Waals surface area contributed by atoms with Crippen LogP contribution in [-0.2, 0) is 0 Å². The van der Waals surface area contributed by atoms with Crippen molar-refractivity contribution in [2.75, 3.05) is 0 Å². The number of nitrogens with zero attached hydrogens (tertiary/aromatic N) is 3. The first-order chi connectivity index (χ1) is 14.8. The highest BCUT2D eigenvalue weighted by molar-refractivity contribution is 9.11. The fourth-order valence-electron chi connectivity index (χ4n) is 4.79. The average molecular weight is 503 g/mol. The van der Waals surface area contributed by atoms with E-state index >= 15 is 0 Å². The highest BCUT2D eigenvalue weighted by Gasteiger charge is 2.51. The van der Waals surface area contributed by atoms with Crippen LogP contribution in [-0.4, -0.2) is 33.7 Å². The van der Waals surface area contributed by atoms with Gasteiger partial charge in [0.1, 0.15) is 17.2 Å². The summed E-state index contributed by atoms with van der Waals surface area (Å²) in [7, 11) is 0. The molecule has 1 aromatic carbocycles. The summed E-state index contributed by atoms with van der Waals surface area (Å²) in [6, 6.07) is 4.58. The number of fused-ring (bicyclic) bond motifs is 1. The summed E-state index contributed by atoms with van der Waals surface area (Å²) in [5.41, 5.74) is 18.5. The molecule has 32 heavy (non-hydrogen) atoms. The SMILES string of the molecule is Cc1ccc(F)cc1N=C(N)C1=CNN2C=C(Br)CC2(C)C1=N[C@@H]1CC[C@](C)(N)C1(C)C. The van der Waals surface area contributed by atoms with E-state index in [2.05, 4.69) is 54.0 Å². The second kappa shape index (κ2) is 7.70. The Morgan fingerprint density at radius 2 is 2.00 bits per heavy atom. The summed E-state index contributed by atoms with van der Waals surface area (Å²) in [5.74, 6) is -0.0380. The number of nitrogens with one attached hydrogen (secondary N) is 1. The predicted octanol–water partition coefficient (Wildman–Crippen LogP) is 4.57.